The lowest BCUT2D eigenvalue weighted by molar-refractivity contribution is -0.140. The molecule has 0 aromatic heterocycles. The van der Waals surface area contributed by atoms with Crippen molar-refractivity contribution in [2.24, 2.45) is 0 Å². The molecule has 1 N–H and O–H groups in total. The van der Waals surface area contributed by atoms with Crippen LogP contribution in [0.5, 0.6) is 0 Å². The lowest BCUT2D eigenvalue weighted by atomic mass is 10.0. The van der Waals surface area contributed by atoms with Gasteiger partial charge in [-0.3, -0.25) is 13.9 Å². The van der Waals surface area contributed by atoms with Gasteiger partial charge < -0.3 is 10.2 Å². The second kappa shape index (κ2) is 14.3. The van der Waals surface area contributed by atoms with Gasteiger partial charge in [-0.2, -0.15) is 0 Å². The fourth-order valence-electron chi connectivity index (χ4n) is 4.29. The number of nitrogens with zero attached hydrogens (tertiary/aromatic N) is 2. The average molecular weight is 588 g/mol. The third-order valence-corrected chi connectivity index (χ3v) is 8.00. The zero-order chi connectivity index (χ0) is 29.3. The van der Waals surface area contributed by atoms with Gasteiger partial charge in [-0.05, 0) is 48.2 Å². The molecule has 2 amide bonds. The van der Waals surface area contributed by atoms with Gasteiger partial charge >= 0.3 is 0 Å². The molecule has 0 aliphatic carbocycles. The van der Waals surface area contributed by atoms with Crippen LogP contribution in [0.15, 0.2) is 72.8 Å². The Morgan fingerprint density at radius 3 is 2.33 bits per heavy atom. The van der Waals surface area contributed by atoms with Gasteiger partial charge in [0.15, 0.2) is 0 Å². The van der Waals surface area contributed by atoms with Crippen LogP contribution in [0.2, 0.25) is 5.02 Å². The quantitative estimate of drug-likeness (QED) is 0.282. The number of carbonyl (C=O) groups excluding carboxylic acids is 2. The van der Waals surface area contributed by atoms with E-state index >= 15 is 0 Å². The Morgan fingerprint density at radius 2 is 1.70 bits per heavy atom. The molecule has 40 heavy (non-hydrogen) atoms. The van der Waals surface area contributed by atoms with Crippen LogP contribution in [-0.4, -0.2) is 50.5 Å². The summed E-state index contributed by atoms with van der Waals surface area (Å²) in [6.45, 7) is 3.88. The molecule has 0 heterocycles. The summed E-state index contributed by atoms with van der Waals surface area (Å²) in [6, 6.07) is 19.4. The molecule has 0 aliphatic rings. The van der Waals surface area contributed by atoms with Crippen molar-refractivity contribution in [1.29, 1.82) is 0 Å². The maximum absolute atomic E-state index is 14.0. The van der Waals surface area contributed by atoms with E-state index in [9.17, 15) is 22.4 Å². The van der Waals surface area contributed by atoms with Crippen molar-refractivity contribution in [2.45, 2.75) is 45.7 Å². The molecule has 3 rings (SSSR count). The molecule has 0 saturated heterocycles. The molecular formula is C30H35ClFN3O4S. The average Bonchev–Trinajstić information content (AvgIpc) is 2.91. The van der Waals surface area contributed by atoms with Crippen LogP contribution >= 0.6 is 11.6 Å². The van der Waals surface area contributed by atoms with Gasteiger partial charge in [0, 0.05) is 19.5 Å². The number of hydrogen-bond donors (Lipinski definition) is 1. The van der Waals surface area contributed by atoms with E-state index in [1.165, 1.54) is 11.0 Å². The van der Waals surface area contributed by atoms with Crippen molar-refractivity contribution >= 4 is 39.1 Å². The first-order valence-electron chi connectivity index (χ1n) is 13.1. The zero-order valence-electron chi connectivity index (χ0n) is 22.9. The Labute approximate surface area is 241 Å². The van der Waals surface area contributed by atoms with Crippen molar-refractivity contribution in [2.75, 3.05) is 23.7 Å². The van der Waals surface area contributed by atoms with Crippen molar-refractivity contribution < 1.29 is 22.4 Å². The van der Waals surface area contributed by atoms with Crippen LogP contribution in [-0.2, 0) is 32.6 Å². The van der Waals surface area contributed by atoms with Crippen LogP contribution in [0, 0.1) is 12.7 Å². The monoisotopic (exact) mass is 587 g/mol. The number of rotatable bonds is 13. The molecule has 3 aromatic rings. The number of hydrogen-bond acceptors (Lipinski definition) is 4. The van der Waals surface area contributed by atoms with E-state index in [0.717, 1.165) is 52.2 Å². The first-order chi connectivity index (χ1) is 19.0. The molecule has 10 heteroatoms. The summed E-state index contributed by atoms with van der Waals surface area (Å²) in [5.41, 5.74) is 2.65. The van der Waals surface area contributed by atoms with Crippen LogP contribution in [0.4, 0.5) is 10.1 Å². The Kier molecular flexibility index (Phi) is 11.1. The van der Waals surface area contributed by atoms with E-state index in [2.05, 4.69) is 5.32 Å². The third kappa shape index (κ3) is 8.53. The fourth-order valence-corrected chi connectivity index (χ4v) is 5.30. The predicted octanol–water partition coefficient (Wildman–Crippen LogP) is 5.11. The smallest absolute Gasteiger partial charge is 0.244 e. The molecule has 0 saturated carbocycles. The Hall–Kier alpha value is -3.43. The summed E-state index contributed by atoms with van der Waals surface area (Å²) in [5, 5.41) is 2.67. The minimum absolute atomic E-state index is 0.0464. The van der Waals surface area contributed by atoms with Gasteiger partial charge in [0.1, 0.15) is 18.4 Å². The van der Waals surface area contributed by atoms with E-state index in [0.29, 0.717) is 6.54 Å². The third-order valence-electron chi connectivity index (χ3n) is 6.57. The number of sulfonamides is 1. The highest BCUT2D eigenvalue weighted by atomic mass is 35.5. The van der Waals surface area contributed by atoms with Crippen molar-refractivity contribution in [3.63, 3.8) is 0 Å². The first-order valence-corrected chi connectivity index (χ1v) is 15.3. The van der Waals surface area contributed by atoms with Gasteiger partial charge in [-0.15, -0.1) is 0 Å². The summed E-state index contributed by atoms with van der Waals surface area (Å²) in [7, 11) is -3.98. The number of anilines is 1. The van der Waals surface area contributed by atoms with E-state index in [1.807, 2.05) is 68.4 Å². The maximum Gasteiger partial charge on any atom is 0.244 e. The molecule has 0 radical (unpaired) electrons. The van der Waals surface area contributed by atoms with E-state index in [1.54, 1.807) is 0 Å². The number of aryl methyl sites for hydroxylation is 1. The van der Waals surface area contributed by atoms with Crippen molar-refractivity contribution in [3.05, 3.63) is 100 Å². The minimum Gasteiger partial charge on any atom is -0.354 e. The lowest BCUT2D eigenvalue weighted by Gasteiger charge is -2.34. The predicted molar refractivity (Wildman–Crippen MR) is 157 cm³/mol. The second-order valence-electron chi connectivity index (χ2n) is 9.67. The maximum atomic E-state index is 14.0. The van der Waals surface area contributed by atoms with Crippen LogP contribution in [0.1, 0.15) is 36.5 Å². The molecule has 1 atom stereocenters. The summed E-state index contributed by atoms with van der Waals surface area (Å²) in [6.07, 6.45) is 2.86. The molecule has 0 unspecified atom stereocenters. The normalized spacial score (nSPS) is 12.0. The van der Waals surface area contributed by atoms with Gasteiger partial charge in [0.25, 0.3) is 0 Å². The molecule has 0 spiro atoms. The van der Waals surface area contributed by atoms with Crippen LogP contribution in [0.25, 0.3) is 0 Å². The number of unbranched alkanes of at least 4 members (excludes halogenated alkanes) is 1. The molecule has 3 aromatic carbocycles. The summed E-state index contributed by atoms with van der Waals surface area (Å²) >= 11 is 5.93. The van der Waals surface area contributed by atoms with Crippen molar-refractivity contribution in [3.8, 4) is 0 Å². The minimum atomic E-state index is -3.98. The van der Waals surface area contributed by atoms with Crippen LogP contribution in [0.3, 0.4) is 0 Å². The number of carbonyl (C=O) groups is 2. The Bertz CT molecular complexity index is 1420. The SMILES string of the molecule is CCCCNC(=O)[C@@H](Cc1ccccc1)N(Cc1ccccc1C)C(=O)CN(c1ccc(F)c(Cl)c1)S(C)(=O)=O. The second-order valence-corrected chi connectivity index (χ2v) is 12.0. The largest absolute Gasteiger partial charge is 0.354 e. The van der Waals surface area contributed by atoms with Crippen molar-refractivity contribution in [1.82, 2.24) is 10.2 Å². The van der Waals surface area contributed by atoms with E-state index in [-0.39, 0.29) is 29.6 Å². The number of halogens is 2. The summed E-state index contributed by atoms with van der Waals surface area (Å²) in [5.74, 6) is -1.62. The molecule has 0 bridgehead atoms. The Balaban J connectivity index is 2.05. The molecule has 0 fully saturated rings. The standard InChI is InChI=1S/C30H35ClFN3O4S/c1-4-5-17-33-30(37)28(18-23-12-7-6-8-13-23)34(20-24-14-10-9-11-22(24)2)29(36)21-35(40(3,38)39)25-15-16-27(32)26(31)19-25/h6-16,19,28H,4-5,17-18,20-21H2,1-3H3,(H,33,37)/t28-/m1/s1. The fraction of sp³-hybridized carbons (Fsp3) is 0.333. The summed E-state index contributed by atoms with van der Waals surface area (Å²) < 4.78 is 40.3. The lowest BCUT2D eigenvalue weighted by Crippen LogP contribution is -2.53. The van der Waals surface area contributed by atoms with E-state index < -0.39 is 34.3 Å². The highest BCUT2D eigenvalue weighted by molar-refractivity contribution is 7.92. The molecule has 7 nitrogen and oxygen atoms in total. The number of nitrogens with one attached hydrogen (secondary N) is 1. The molecule has 0 aliphatic heterocycles. The first kappa shape index (κ1) is 31.1. The molecular weight excluding hydrogens is 553 g/mol. The number of amides is 2. The topological polar surface area (TPSA) is 86.8 Å². The van der Waals surface area contributed by atoms with Gasteiger partial charge in [0.05, 0.1) is 17.0 Å². The van der Waals surface area contributed by atoms with Crippen LogP contribution < -0.4 is 9.62 Å². The highest BCUT2D eigenvalue weighted by Gasteiger charge is 2.33. The molecule has 214 valence electrons. The van der Waals surface area contributed by atoms with E-state index in [4.69, 9.17) is 11.6 Å². The Morgan fingerprint density at radius 1 is 1.02 bits per heavy atom. The highest BCUT2D eigenvalue weighted by Crippen LogP contribution is 2.25. The van der Waals surface area contributed by atoms with Gasteiger partial charge in [0.2, 0.25) is 21.8 Å². The van der Waals surface area contributed by atoms with Gasteiger partial charge in [-0.1, -0.05) is 79.5 Å². The number of benzene rings is 3. The zero-order valence-corrected chi connectivity index (χ0v) is 24.5. The van der Waals surface area contributed by atoms with Gasteiger partial charge in [-0.25, -0.2) is 12.8 Å². The summed E-state index contributed by atoms with van der Waals surface area (Å²) in [4.78, 5) is 29.1.